The van der Waals surface area contributed by atoms with Crippen LogP contribution in [0.25, 0.3) is 0 Å². The zero-order chi connectivity index (χ0) is 13.0. The number of hydrogen-bond acceptors (Lipinski definition) is 4. The third kappa shape index (κ3) is 3.35. The van der Waals surface area contributed by atoms with Gasteiger partial charge < -0.3 is 20.9 Å². The van der Waals surface area contributed by atoms with Gasteiger partial charge in [0.2, 0.25) is 0 Å². The number of benzene rings is 1. The number of rotatable bonds is 4. The summed E-state index contributed by atoms with van der Waals surface area (Å²) in [5, 5.41) is 21.2. The average Bonchev–Trinajstić information content (AvgIpc) is 2.26. The van der Waals surface area contributed by atoms with Gasteiger partial charge in [-0.2, -0.15) is 0 Å². The molecule has 0 amide bonds. The van der Waals surface area contributed by atoms with E-state index < -0.39 is 6.10 Å². The molecule has 0 radical (unpaired) electrons. The minimum absolute atomic E-state index is 0.0705. The summed E-state index contributed by atoms with van der Waals surface area (Å²) in [7, 11) is 1.85. The van der Waals surface area contributed by atoms with E-state index in [2.05, 4.69) is 5.16 Å². The van der Waals surface area contributed by atoms with E-state index in [-0.39, 0.29) is 5.84 Å². The first-order valence-corrected chi connectivity index (χ1v) is 5.43. The van der Waals surface area contributed by atoms with Gasteiger partial charge in [0, 0.05) is 24.8 Å². The number of aryl methyl sites for hydroxylation is 1. The molecule has 1 aromatic carbocycles. The van der Waals surface area contributed by atoms with E-state index in [0.717, 1.165) is 11.3 Å². The summed E-state index contributed by atoms with van der Waals surface area (Å²) in [4.78, 5) is 1.87. The van der Waals surface area contributed by atoms with Crippen LogP contribution >= 0.6 is 0 Å². The van der Waals surface area contributed by atoms with Crippen molar-refractivity contribution in [3.63, 3.8) is 0 Å². The van der Waals surface area contributed by atoms with Gasteiger partial charge in [-0.3, -0.25) is 0 Å². The normalized spacial score (nSPS) is 13.5. The molecule has 5 heteroatoms. The first kappa shape index (κ1) is 13.3. The van der Waals surface area contributed by atoms with Gasteiger partial charge in [-0.25, -0.2) is 0 Å². The minimum atomic E-state index is -0.443. The second-order valence-corrected chi connectivity index (χ2v) is 4.24. The highest BCUT2D eigenvalue weighted by atomic mass is 16.4. The Hall–Kier alpha value is -1.75. The molecular weight excluding hydrogens is 218 g/mol. The van der Waals surface area contributed by atoms with Crippen LogP contribution in [-0.2, 0) is 0 Å². The van der Waals surface area contributed by atoms with Gasteiger partial charge in [0.1, 0.15) is 0 Å². The van der Waals surface area contributed by atoms with Crippen LogP contribution in [0, 0.1) is 6.92 Å². The van der Waals surface area contributed by atoms with Crippen molar-refractivity contribution < 1.29 is 10.3 Å². The summed E-state index contributed by atoms with van der Waals surface area (Å²) in [5.74, 6) is 0.0705. The molecule has 0 aromatic heterocycles. The van der Waals surface area contributed by atoms with Crippen molar-refractivity contribution in [1.82, 2.24) is 0 Å². The van der Waals surface area contributed by atoms with Crippen LogP contribution in [0.1, 0.15) is 18.1 Å². The lowest BCUT2D eigenvalue weighted by Crippen LogP contribution is -2.29. The Morgan fingerprint density at radius 2 is 2.18 bits per heavy atom. The standard InChI is InChI=1S/C12H19N3O2/c1-8-4-5-11(15(3)7-9(2)16)10(6-8)12(13)14-17/h4-6,9,16-17H,7H2,1-3H3,(H2,13,14). The van der Waals surface area contributed by atoms with Crippen LogP contribution in [0.2, 0.25) is 0 Å². The Bertz CT molecular complexity index is 416. The van der Waals surface area contributed by atoms with E-state index in [9.17, 15) is 5.11 Å². The molecule has 1 aromatic rings. The van der Waals surface area contributed by atoms with E-state index in [1.807, 2.05) is 37.1 Å². The zero-order valence-corrected chi connectivity index (χ0v) is 10.4. The van der Waals surface area contributed by atoms with Gasteiger partial charge in [0.05, 0.1) is 6.10 Å². The third-order valence-corrected chi connectivity index (χ3v) is 2.49. The molecule has 94 valence electrons. The molecule has 0 spiro atoms. The van der Waals surface area contributed by atoms with E-state index >= 15 is 0 Å². The van der Waals surface area contributed by atoms with Gasteiger partial charge in [0.25, 0.3) is 0 Å². The lowest BCUT2D eigenvalue weighted by molar-refractivity contribution is 0.201. The fourth-order valence-electron chi connectivity index (χ4n) is 1.74. The molecular formula is C12H19N3O2. The Kier molecular flexibility index (Phi) is 4.34. The highest BCUT2D eigenvalue weighted by Gasteiger charge is 2.12. The number of oxime groups is 1. The Labute approximate surface area is 101 Å². The summed E-state index contributed by atoms with van der Waals surface area (Å²) in [6, 6.07) is 5.69. The van der Waals surface area contributed by atoms with Crippen molar-refractivity contribution in [2.45, 2.75) is 20.0 Å². The monoisotopic (exact) mass is 237 g/mol. The molecule has 0 heterocycles. The summed E-state index contributed by atoms with van der Waals surface area (Å²) >= 11 is 0. The number of likely N-dealkylation sites (N-methyl/N-ethyl adjacent to an activating group) is 1. The number of aliphatic hydroxyl groups is 1. The number of amidine groups is 1. The average molecular weight is 237 g/mol. The molecule has 1 unspecified atom stereocenters. The number of aliphatic hydroxyl groups excluding tert-OH is 1. The fraction of sp³-hybridized carbons (Fsp3) is 0.417. The molecule has 0 aliphatic carbocycles. The van der Waals surface area contributed by atoms with Gasteiger partial charge in [-0.05, 0) is 26.0 Å². The van der Waals surface area contributed by atoms with Crippen molar-refractivity contribution in [3.8, 4) is 0 Å². The number of anilines is 1. The molecule has 0 fully saturated rings. The van der Waals surface area contributed by atoms with Crippen LogP contribution < -0.4 is 10.6 Å². The predicted octanol–water partition coefficient (Wildman–Crippen LogP) is 0.907. The molecule has 0 aliphatic heterocycles. The van der Waals surface area contributed by atoms with Crippen molar-refractivity contribution in [3.05, 3.63) is 29.3 Å². The highest BCUT2D eigenvalue weighted by Crippen LogP contribution is 2.21. The van der Waals surface area contributed by atoms with Gasteiger partial charge in [-0.1, -0.05) is 16.8 Å². The maximum atomic E-state index is 9.37. The van der Waals surface area contributed by atoms with Gasteiger partial charge in [-0.15, -0.1) is 0 Å². The molecule has 0 aliphatic rings. The van der Waals surface area contributed by atoms with E-state index in [1.54, 1.807) is 6.92 Å². The smallest absolute Gasteiger partial charge is 0.172 e. The largest absolute Gasteiger partial charge is 0.409 e. The molecule has 0 saturated heterocycles. The molecule has 1 atom stereocenters. The van der Waals surface area contributed by atoms with Crippen LogP contribution in [0.15, 0.2) is 23.4 Å². The van der Waals surface area contributed by atoms with Crippen LogP contribution in [0.3, 0.4) is 0 Å². The van der Waals surface area contributed by atoms with Crippen molar-refractivity contribution in [2.24, 2.45) is 10.9 Å². The molecule has 0 saturated carbocycles. The van der Waals surface area contributed by atoms with Gasteiger partial charge in [0.15, 0.2) is 5.84 Å². The first-order valence-electron chi connectivity index (χ1n) is 5.43. The SMILES string of the molecule is Cc1ccc(N(C)CC(C)O)c(/C(N)=N/O)c1. The lowest BCUT2D eigenvalue weighted by atomic mass is 10.1. The lowest BCUT2D eigenvalue weighted by Gasteiger charge is -2.23. The molecule has 0 bridgehead atoms. The fourth-order valence-corrected chi connectivity index (χ4v) is 1.74. The van der Waals surface area contributed by atoms with Crippen molar-refractivity contribution >= 4 is 11.5 Å². The maximum absolute atomic E-state index is 9.37. The number of hydrogen-bond donors (Lipinski definition) is 3. The predicted molar refractivity (Wildman–Crippen MR) is 68.6 cm³/mol. The quantitative estimate of drug-likeness (QED) is 0.314. The molecule has 4 N–H and O–H groups in total. The Balaban J connectivity index is 3.14. The number of nitrogens with two attached hydrogens (primary N) is 1. The molecule has 1 rings (SSSR count). The van der Waals surface area contributed by atoms with Crippen molar-refractivity contribution in [1.29, 1.82) is 0 Å². The first-order chi connectivity index (χ1) is 7.95. The van der Waals surface area contributed by atoms with E-state index in [4.69, 9.17) is 10.9 Å². The topological polar surface area (TPSA) is 82.1 Å². The van der Waals surface area contributed by atoms with Crippen molar-refractivity contribution in [2.75, 3.05) is 18.5 Å². The van der Waals surface area contributed by atoms with Crippen LogP contribution in [0.5, 0.6) is 0 Å². The summed E-state index contributed by atoms with van der Waals surface area (Å²) in [5.41, 5.74) is 8.16. The summed E-state index contributed by atoms with van der Waals surface area (Å²) < 4.78 is 0. The summed E-state index contributed by atoms with van der Waals surface area (Å²) in [6.45, 7) is 4.13. The molecule has 5 nitrogen and oxygen atoms in total. The second kappa shape index (κ2) is 5.54. The summed E-state index contributed by atoms with van der Waals surface area (Å²) in [6.07, 6.45) is -0.443. The molecule has 17 heavy (non-hydrogen) atoms. The highest BCUT2D eigenvalue weighted by molar-refractivity contribution is 6.02. The second-order valence-electron chi connectivity index (χ2n) is 4.24. The van der Waals surface area contributed by atoms with Crippen LogP contribution in [0.4, 0.5) is 5.69 Å². The zero-order valence-electron chi connectivity index (χ0n) is 10.4. The minimum Gasteiger partial charge on any atom is -0.409 e. The van der Waals surface area contributed by atoms with Gasteiger partial charge >= 0.3 is 0 Å². The van der Waals surface area contributed by atoms with E-state index in [1.165, 1.54) is 0 Å². The Morgan fingerprint density at radius 3 is 2.71 bits per heavy atom. The number of nitrogens with zero attached hydrogens (tertiary/aromatic N) is 2. The Morgan fingerprint density at radius 1 is 1.53 bits per heavy atom. The van der Waals surface area contributed by atoms with Crippen LogP contribution in [-0.4, -0.2) is 35.8 Å². The maximum Gasteiger partial charge on any atom is 0.172 e. The van der Waals surface area contributed by atoms with E-state index in [0.29, 0.717) is 12.1 Å². The third-order valence-electron chi connectivity index (χ3n) is 2.49.